The topological polar surface area (TPSA) is 70.5 Å². The standard InChI is InChI=1S/C18H29N5O2/c1-21(18(25)14-15-4-2-5-17(24)20-15)16-6-10-22(11-7-16)12-13-23-9-3-8-19-23/h3,8-9,15-16H,2,4-7,10-14H2,1H3,(H,20,24). The number of nitrogens with zero attached hydrogens (tertiary/aromatic N) is 4. The molecule has 2 fully saturated rings. The van der Waals surface area contributed by atoms with Crippen LogP contribution in [0.15, 0.2) is 18.5 Å². The first-order valence-electron chi connectivity index (χ1n) is 9.36. The molecule has 1 aromatic heterocycles. The third-order valence-electron chi connectivity index (χ3n) is 5.45. The number of nitrogens with one attached hydrogen (secondary N) is 1. The summed E-state index contributed by atoms with van der Waals surface area (Å²) < 4.78 is 1.96. The molecule has 1 unspecified atom stereocenters. The van der Waals surface area contributed by atoms with Gasteiger partial charge in [-0.2, -0.15) is 5.10 Å². The van der Waals surface area contributed by atoms with Gasteiger partial charge in [-0.05, 0) is 31.7 Å². The van der Waals surface area contributed by atoms with Crippen LogP contribution in [-0.4, -0.2) is 70.2 Å². The van der Waals surface area contributed by atoms with E-state index >= 15 is 0 Å². The van der Waals surface area contributed by atoms with Gasteiger partial charge in [0.05, 0.1) is 6.54 Å². The fourth-order valence-electron chi connectivity index (χ4n) is 3.80. The molecule has 0 bridgehead atoms. The molecule has 3 rings (SSSR count). The number of amides is 2. The van der Waals surface area contributed by atoms with E-state index in [4.69, 9.17) is 0 Å². The molecule has 1 N–H and O–H groups in total. The fourth-order valence-corrected chi connectivity index (χ4v) is 3.80. The first-order valence-corrected chi connectivity index (χ1v) is 9.36. The van der Waals surface area contributed by atoms with E-state index in [1.54, 1.807) is 0 Å². The SMILES string of the molecule is CN(C(=O)CC1CCCC(=O)N1)C1CCN(CCn2cccn2)CC1. The summed E-state index contributed by atoms with van der Waals surface area (Å²) >= 11 is 0. The Balaban J connectivity index is 1.39. The van der Waals surface area contributed by atoms with Gasteiger partial charge < -0.3 is 15.1 Å². The Morgan fingerprint density at radius 2 is 2.12 bits per heavy atom. The quantitative estimate of drug-likeness (QED) is 0.829. The van der Waals surface area contributed by atoms with E-state index in [9.17, 15) is 9.59 Å². The van der Waals surface area contributed by atoms with Gasteiger partial charge in [0.25, 0.3) is 0 Å². The Morgan fingerprint density at radius 1 is 1.32 bits per heavy atom. The maximum atomic E-state index is 12.5. The van der Waals surface area contributed by atoms with Crippen molar-refractivity contribution in [2.75, 3.05) is 26.7 Å². The third kappa shape index (κ3) is 5.04. The molecule has 0 saturated carbocycles. The first-order chi connectivity index (χ1) is 12.1. The van der Waals surface area contributed by atoms with Gasteiger partial charge in [-0.3, -0.25) is 14.3 Å². The molecule has 2 amide bonds. The lowest BCUT2D eigenvalue weighted by Gasteiger charge is -2.37. The Hall–Kier alpha value is -1.89. The molecule has 2 aliphatic heterocycles. The highest BCUT2D eigenvalue weighted by Crippen LogP contribution is 2.18. The summed E-state index contributed by atoms with van der Waals surface area (Å²) in [6.45, 7) is 3.95. The first kappa shape index (κ1) is 17.9. The molecule has 0 aliphatic carbocycles. The number of hydrogen-bond acceptors (Lipinski definition) is 4. The average molecular weight is 347 g/mol. The Bertz CT molecular complexity index is 566. The lowest BCUT2D eigenvalue weighted by molar-refractivity contribution is -0.134. The highest BCUT2D eigenvalue weighted by atomic mass is 16.2. The van der Waals surface area contributed by atoms with Crippen molar-refractivity contribution >= 4 is 11.8 Å². The molecule has 7 heteroatoms. The molecule has 0 aromatic carbocycles. The van der Waals surface area contributed by atoms with Crippen LogP contribution >= 0.6 is 0 Å². The number of aromatic nitrogens is 2. The summed E-state index contributed by atoms with van der Waals surface area (Å²) in [4.78, 5) is 28.3. The van der Waals surface area contributed by atoms with Crippen molar-refractivity contribution < 1.29 is 9.59 Å². The second-order valence-corrected chi connectivity index (χ2v) is 7.21. The number of rotatable bonds is 6. The van der Waals surface area contributed by atoms with E-state index in [2.05, 4.69) is 15.3 Å². The predicted octanol–water partition coefficient (Wildman–Crippen LogP) is 0.865. The molecule has 2 aliphatic rings. The van der Waals surface area contributed by atoms with Crippen LogP contribution in [0.4, 0.5) is 0 Å². The molecule has 0 radical (unpaired) electrons. The van der Waals surface area contributed by atoms with Gasteiger partial charge in [0.15, 0.2) is 0 Å². The zero-order valence-electron chi connectivity index (χ0n) is 15.1. The van der Waals surface area contributed by atoms with Gasteiger partial charge >= 0.3 is 0 Å². The normalized spacial score (nSPS) is 22.6. The van der Waals surface area contributed by atoms with Crippen LogP contribution in [0.2, 0.25) is 0 Å². The molecule has 3 heterocycles. The average Bonchev–Trinajstić information content (AvgIpc) is 3.13. The van der Waals surface area contributed by atoms with Crippen molar-refractivity contribution in [3.05, 3.63) is 18.5 Å². The highest BCUT2D eigenvalue weighted by molar-refractivity contribution is 5.80. The molecular weight excluding hydrogens is 318 g/mol. The molecular formula is C18H29N5O2. The Kier molecular flexibility index (Phi) is 6.07. The molecule has 7 nitrogen and oxygen atoms in total. The van der Waals surface area contributed by atoms with Gasteiger partial charge in [-0.1, -0.05) is 0 Å². The van der Waals surface area contributed by atoms with E-state index in [1.807, 2.05) is 35.1 Å². The molecule has 1 aromatic rings. The van der Waals surface area contributed by atoms with Crippen LogP contribution in [0.25, 0.3) is 0 Å². The number of hydrogen-bond donors (Lipinski definition) is 1. The summed E-state index contributed by atoms with van der Waals surface area (Å²) in [6, 6.07) is 2.28. The zero-order valence-corrected chi connectivity index (χ0v) is 15.1. The van der Waals surface area contributed by atoms with E-state index in [0.717, 1.165) is 51.9 Å². The smallest absolute Gasteiger partial charge is 0.224 e. The van der Waals surface area contributed by atoms with E-state index in [-0.39, 0.29) is 17.9 Å². The Morgan fingerprint density at radius 3 is 2.80 bits per heavy atom. The largest absolute Gasteiger partial charge is 0.353 e. The summed E-state index contributed by atoms with van der Waals surface area (Å²) in [5.41, 5.74) is 0. The van der Waals surface area contributed by atoms with Crippen LogP contribution in [-0.2, 0) is 16.1 Å². The summed E-state index contributed by atoms with van der Waals surface area (Å²) in [7, 11) is 1.91. The maximum absolute atomic E-state index is 12.5. The highest BCUT2D eigenvalue weighted by Gasteiger charge is 2.28. The van der Waals surface area contributed by atoms with Gasteiger partial charge in [0.2, 0.25) is 11.8 Å². The van der Waals surface area contributed by atoms with Crippen molar-refractivity contribution in [3.8, 4) is 0 Å². The second-order valence-electron chi connectivity index (χ2n) is 7.21. The lowest BCUT2D eigenvalue weighted by Crippen LogP contribution is -2.48. The van der Waals surface area contributed by atoms with Gasteiger partial charge in [-0.25, -0.2) is 0 Å². The van der Waals surface area contributed by atoms with Gasteiger partial charge in [-0.15, -0.1) is 0 Å². The number of carbonyl (C=O) groups excluding carboxylic acids is 2. The van der Waals surface area contributed by atoms with E-state index in [1.165, 1.54) is 0 Å². The maximum Gasteiger partial charge on any atom is 0.224 e. The predicted molar refractivity (Wildman–Crippen MR) is 94.9 cm³/mol. The summed E-state index contributed by atoms with van der Waals surface area (Å²) in [5, 5.41) is 7.17. The zero-order chi connectivity index (χ0) is 17.6. The third-order valence-corrected chi connectivity index (χ3v) is 5.45. The summed E-state index contributed by atoms with van der Waals surface area (Å²) in [6.07, 6.45) is 8.65. The lowest BCUT2D eigenvalue weighted by atomic mass is 9.99. The minimum Gasteiger partial charge on any atom is -0.353 e. The number of likely N-dealkylation sites (tertiary alicyclic amines) is 1. The number of piperidine rings is 2. The van der Waals surface area contributed by atoms with Crippen molar-refractivity contribution in [2.45, 2.75) is 57.2 Å². The van der Waals surface area contributed by atoms with Gasteiger partial charge in [0.1, 0.15) is 0 Å². The van der Waals surface area contributed by atoms with Crippen LogP contribution in [0.1, 0.15) is 38.5 Å². The van der Waals surface area contributed by atoms with Gasteiger partial charge in [0, 0.05) is 64.0 Å². The molecule has 2 saturated heterocycles. The number of carbonyl (C=O) groups is 2. The van der Waals surface area contributed by atoms with Crippen LogP contribution in [0, 0.1) is 0 Å². The van der Waals surface area contributed by atoms with Crippen molar-refractivity contribution in [2.24, 2.45) is 0 Å². The van der Waals surface area contributed by atoms with E-state index < -0.39 is 0 Å². The second kappa shape index (κ2) is 8.47. The minimum absolute atomic E-state index is 0.0189. The molecule has 1 atom stereocenters. The summed E-state index contributed by atoms with van der Waals surface area (Å²) in [5.74, 6) is 0.236. The van der Waals surface area contributed by atoms with Crippen molar-refractivity contribution in [1.82, 2.24) is 24.9 Å². The molecule has 0 spiro atoms. The molecule has 138 valence electrons. The molecule has 25 heavy (non-hydrogen) atoms. The van der Waals surface area contributed by atoms with Crippen LogP contribution in [0.5, 0.6) is 0 Å². The van der Waals surface area contributed by atoms with Crippen molar-refractivity contribution in [1.29, 1.82) is 0 Å². The monoisotopic (exact) mass is 347 g/mol. The van der Waals surface area contributed by atoms with Crippen LogP contribution in [0.3, 0.4) is 0 Å². The minimum atomic E-state index is 0.0189. The van der Waals surface area contributed by atoms with E-state index in [0.29, 0.717) is 18.9 Å². The van der Waals surface area contributed by atoms with Crippen LogP contribution < -0.4 is 5.32 Å². The fraction of sp³-hybridized carbons (Fsp3) is 0.722. The van der Waals surface area contributed by atoms with Crippen molar-refractivity contribution in [3.63, 3.8) is 0 Å². The Labute approximate surface area is 149 Å².